The van der Waals surface area contributed by atoms with Gasteiger partial charge in [0.2, 0.25) is 6.40 Å². The van der Waals surface area contributed by atoms with E-state index in [9.17, 15) is 4.79 Å². The van der Waals surface area contributed by atoms with E-state index in [1.807, 2.05) is 0 Å². The highest BCUT2D eigenvalue weighted by molar-refractivity contribution is 5.75. The quantitative estimate of drug-likeness (QED) is 0.309. The summed E-state index contributed by atoms with van der Waals surface area (Å²) in [6.45, 7) is 0.145. The van der Waals surface area contributed by atoms with Crippen molar-refractivity contribution in [3.8, 4) is 0 Å². The molecule has 1 rings (SSSR count). The number of aromatic nitrogens is 2. The molecule has 0 aliphatic carbocycles. The van der Waals surface area contributed by atoms with Crippen LogP contribution in [0.3, 0.4) is 0 Å². The molecule has 1 heterocycles. The third-order valence-corrected chi connectivity index (χ3v) is 1.58. The first kappa shape index (κ1) is 11.2. The standard InChI is InChI=1S/C8H11N3O4/c1-14-15-6-9-7(8(12)13)5-11-4-2-3-10-11/h2-4,6-7H,5H2,1H3,(H,12,13)/b9-6+/t7-/m0/s1. The fourth-order valence-electron chi connectivity index (χ4n) is 0.916. The van der Waals surface area contributed by atoms with E-state index in [1.165, 1.54) is 11.8 Å². The van der Waals surface area contributed by atoms with Crippen LogP contribution in [0.4, 0.5) is 0 Å². The predicted molar refractivity (Wildman–Crippen MR) is 50.2 cm³/mol. The number of aliphatic imine (C=N–C) groups is 1. The third-order valence-electron chi connectivity index (χ3n) is 1.58. The molecule has 0 saturated heterocycles. The maximum Gasteiger partial charge on any atom is 0.330 e. The Morgan fingerprint density at radius 2 is 2.60 bits per heavy atom. The number of hydrogen-bond donors (Lipinski definition) is 1. The Balaban J connectivity index is 2.55. The first-order valence-electron chi connectivity index (χ1n) is 4.15. The predicted octanol–water partition coefficient (Wildman–Crippen LogP) is -0.0574. The lowest BCUT2D eigenvalue weighted by Gasteiger charge is -2.06. The van der Waals surface area contributed by atoms with Gasteiger partial charge in [-0.1, -0.05) is 0 Å². The lowest BCUT2D eigenvalue weighted by molar-refractivity contribution is -0.188. The van der Waals surface area contributed by atoms with E-state index < -0.39 is 12.0 Å². The molecule has 1 aromatic heterocycles. The van der Waals surface area contributed by atoms with Crippen LogP contribution < -0.4 is 0 Å². The van der Waals surface area contributed by atoms with Crippen molar-refractivity contribution in [1.82, 2.24) is 9.78 Å². The summed E-state index contributed by atoms with van der Waals surface area (Å²) in [6.07, 6.45) is 4.17. The van der Waals surface area contributed by atoms with Crippen LogP contribution in [0, 0.1) is 0 Å². The first-order valence-corrected chi connectivity index (χ1v) is 4.15. The molecule has 0 aliphatic heterocycles. The normalized spacial score (nSPS) is 12.9. The zero-order valence-corrected chi connectivity index (χ0v) is 8.11. The van der Waals surface area contributed by atoms with Gasteiger partial charge in [-0.25, -0.2) is 9.79 Å². The van der Waals surface area contributed by atoms with Crippen LogP contribution in [-0.2, 0) is 21.1 Å². The average molecular weight is 213 g/mol. The van der Waals surface area contributed by atoms with Crippen LogP contribution in [0.1, 0.15) is 0 Å². The van der Waals surface area contributed by atoms with Gasteiger partial charge in [0, 0.05) is 12.4 Å². The van der Waals surface area contributed by atoms with Crippen LogP contribution in [0.5, 0.6) is 0 Å². The maximum atomic E-state index is 10.8. The molecule has 0 fully saturated rings. The summed E-state index contributed by atoms with van der Waals surface area (Å²) in [6, 6.07) is 0.758. The lowest BCUT2D eigenvalue weighted by atomic mass is 10.3. The fourth-order valence-corrected chi connectivity index (χ4v) is 0.916. The third kappa shape index (κ3) is 3.77. The van der Waals surface area contributed by atoms with E-state index in [4.69, 9.17) is 5.11 Å². The Morgan fingerprint density at radius 3 is 3.13 bits per heavy atom. The summed E-state index contributed by atoms with van der Waals surface area (Å²) in [5, 5.41) is 12.7. The summed E-state index contributed by atoms with van der Waals surface area (Å²) in [5.74, 6) is -1.05. The molecule has 0 saturated carbocycles. The molecule has 1 N–H and O–H groups in total. The van der Waals surface area contributed by atoms with Crippen molar-refractivity contribution in [2.45, 2.75) is 12.6 Å². The van der Waals surface area contributed by atoms with Crippen LogP contribution in [0.15, 0.2) is 23.5 Å². The number of nitrogens with zero attached hydrogens (tertiary/aromatic N) is 3. The minimum atomic E-state index is -1.05. The number of rotatable bonds is 6. The molecule has 0 aromatic carbocycles. The number of carboxylic acid groups (broad SMARTS) is 1. The molecule has 82 valence electrons. The van der Waals surface area contributed by atoms with E-state index >= 15 is 0 Å². The summed E-state index contributed by atoms with van der Waals surface area (Å²) in [4.78, 5) is 23.0. The molecule has 1 aromatic rings. The SMILES string of the molecule is COO/C=N/[C@@H](Cn1cccn1)C(=O)O. The van der Waals surface area contributed by atoms with Crippen molar-refractivity contribution >= 4 is 12.4 Å². The second-order valence-corrected chi connectivity index (χ2v) is 2.60. The van der Waals surface area contributed by atoms with E-state index in [0.29, 0.717) is 0 Å². The molecule has 0 radical (unpaired) electrons. The molecule has 0 amide bonds. The van der Waals surface area contributed by atoms with Crippen LogP contribution >= 0.6 is 0 Å². The van der Waals surface area contributed by atoms with Crippen molar-refractivity contribution in [3.63, 3.8) is 0 Å². The van der Waals surface area contributed by atoms with E-state index in [2.05, 4.69) is 19.9 Å². The van der Waals surface area contributed by atoms with Gasteiger partial charge in [-0.05, 0) is 6.07 Å². The van der Waals surface area contributed by atoms with Crippen LogP contribution in [0.2, 0.25) is 0 Å². The van der Waals surface area contributed by atoms with Gasteiger partial charge < -0.3 is 9.99 Å². The molecule has 1 atom stereocenters. The molecule has 15 heavy (non-hydrogen) atoms. The lowest BCUT2D eigenvalue weighted by Crippen LogP contribution is -2.24. The zero-order valence-electron chi connectivity index (χ0n) is 8.11. The second kappa shape index (κ2) is 5.76. The number of carboxylic acids is 1. The molecule has 0 unspecified atom stereocenters. The van der Waals surface area contributed by atoms with Crippen molar-refractivity contribution in [2.24, 2.45) is 4.99 Å². The van der Waals surface area contributed by atoms with Crippen molar-refractivity contribution < 1.29 is 19.7 Å². The summed E-state index contributed by atoms with van der Waals surface area (Å²) < 4.78 is 1.48. The van der Waals surface area contributed by atoms with Gasteiger partial charge in [-0.2, -0.15) is 9.99 Å². The van der Waals surface area contributed by atoms with Gasteiger partial charge in [0.05, 0.1) is 13.7 Å². The van der Waals surface area contributed by atoms with Crippen molar-refractivity contribution in [2.75, 3.05) is 7.11 Å². The van der Waals surface area contributed by atoms with Gasteiger partial charge in [-0.15, -0.1) is 0 Å². The van der Waals surface area contributed by atoms with Crippen LogP contribution in [-0.4, -0.2) is 40.4 Å². The largest absolute Gasteiger partial charge is 0.480 e. The summed E-state index contributed by atoms with van der Waals surface area (Å²) in [7, 11) is 1.30. The van der Waals surface area contributed by atoms with Gasteiger partial charge in [0.1, 0.15) is 0 Å². The Kier molecular flexibility index (Phi) is 4.30. The van der Waals surface area contributed by atoms with Gasteiger partial charge >= 0.3 is 5.97 Å². The van der Waals surface area contributed by atoms with E-state index in [-0.39, 0.29) is 6.54 Å². The summed E-state index contributed by atoms with van der Waals surface area (Å²) in [5.41, 5.74) is 0. The minimum Gasteiger partial charge on any atom is -0.480 e. The highest BCUT2D eigenvalue weighted by Crippen LogP contribution is 1.96. The molecule has 0 spiro atoms. The highest BCUT2D eigenvalue weighted by Gasteiger charge is 2.16. The first-order chi connectivity index (χ1) is 7.24. The smallest absolute Gasteiger partial charge is 0.330 e. The van der Waals surface area contributed by atoms with Crippen molar-refractivity contribution in [1.29, 1.82) is 0 Å². The molecular weight excluding hydrogens is 202 g/mol. The van der Waals surface area contributed by atoms with E-state index in [1.54, 1.807) is 18.5 Å². The number of hydrogen-bond acceptors (Lipinski definition) is 5. The molecule has 7 nitrogen and oxygen atoms in total. The monoisotopic (exact) mass is 213 g/mol. The fraction of sp³-hybridized carbons (Fsp3) is 0.375. The van der Waals surface area contributed by atoms with Gasteiger partial charge in [-0.3, -0.25) is 4.68 Å². The topological polar surface area (TPSA) is 85.9 Å². The van der Waals surface area contributed by atoms with Crippen molar-refractivity contribution in [3.05, 3.63) is 18.5 Å². The minimum absolute atomic E-state index is 0.145. The maximum absolute atomic E-state index is 10.8. The molecule has 0 aliphatic rings. The molecule has 0 bridgehead atoms. The highest BCUT2D eigenvalue weighted by atomic mass is 17.2. The summed E-state index contributed by atoms with van der Waals surface area (Å²) >= 11 is 0. The van der Waals surface area contributed by atoms with Gasteiger partial charge in [0.15, 0.2) is 6.04 Å². The van der Waals surface area contributed by atoms with Gasteiger partial charge in [0.25, 0.3) is 0 Å². The Hall–Kier alpha value is -1.89. The Labute approximate surface area is 85.9 Å². The number of aliphatic carboxylic acids is 1. The van der Waals surface area contributed by atoms with E-state index in [0.717, 1.165) is 6.40 Å². The van der Waals surface area contributed by atoms with Crippen LogP contribution in [0.25, 0.3) is 0 Å². The average Bonchev–Trinajstić information content (AvgIpc) is 2.69. The Bertz CT molecular complexity index is 323. The Morgan fingerprint density at radius 1 is 1.80 bits per heavy atom. The number of carbonyl (C=O) groups is 1. The molecule has 7 heteroatoms. The zero-order chi connectivity index (χ0) is 11.1. The second-order valence-electron chi connectivity index (χ2n) is 2.60. The molecular formula is C8H11N3O4.